The number of nitrogens with one attached hydrogen (secondary N) is 2. The van der Waals surface area contributed by atoms with Crippen molar-refractivity contribution < 1.29 is 24.0 Å². The first-order valence-electron chi connectivity index (χ1n) is 16.5. The number of imide groups is 2. The molecule has 1 atom stereocenters. The molecule has 3 aromatic carbocycles. The number of hydrogen-bond donors (Lipinski definition) is 2. The molecule has 1 fully saturated rings. The molecule has 11 heteroatoms. The third-order valence-corrected chi connectivity index (χ3v) is 9.43. The first-order valence-corrected chi connectivity index (χ1v) is 16.5. The van der Waals surface area contributed by atoms with E-state index in [2.05, 4.69) is 76.4 Å². The van der Waals surface area contributed by atoms with E-state index in [1.165, 1.54) is 29.1 Å². The number of pyridine rings is 1. The fourth-order valence-electron chi connectivity index (χ4n) is 6.74. The summed E-state index contributed by atoms with van der Waals surface area (Å²) in [5.41, 5.74) is 4.67. The van der Waals surface area contributed by atoms with Gasteiger partial charge in [-0.15, -0.1) is 0 Å². The van der Waals surface area contributed by atoms with Gasteiger partial charge in [0.2, 0.25) is 11.8 Å². The Morgan fingerprint density at radius 1 is 0.918 bits per heavy atom. The standard InChI is InChI=1S/C38H36N6O5/c1-23(2)42(18-19-43-31-8-4-3-6-27(31)28-7-5-17-39-34(28)43)22-25-11-9-24(10-12-25)21-40-35(46)26-13-14-29-30(20-26)38(49)44(37(29)48)32-15-16-33(45)41-36(32)47/h3-14,17,20,23,32H,15-16,18-19,21-22H2,1-2H3,(H,40,46)(H,41,45,47). The topological polar surface area (TPSA) is 134 Å². The zero-order chi connectivity index (χ0) is 34.2. The summed E-state index contributed by atoms with van der Waals surface area (Å²) in [6.45, 7) is 7.10. The van der Waals surface area contributed by atoms with Crippen molar-refractivity contribution in [1.82, 2.24) is 30.0 Å². The molecule has 0 saturated carbocycles. The second kappa shape index (κ2) is 13.1. The van der Waals surface area contributed by atoms with E-state index in [4.69, 9.17) is 4.98 Å². The van der Waals surface area contributed by atoms with Crippen LogP contribution >= 0.6 is 0 Å². The molecule has 2 aromatic heterocycles. The summed E-state index contributed by atoms with van der Waals surface area (Å²) >= 11 is 0. The molecule has 4 heterocycles. The summed E-state index contributed by atoms with van der Waals surface area (Å²) in [5.74, 6) is -2.77. The Morgan fingerprint density at radius 3 is 2.43 bits per heavy atom. The molecule has 5 amide bonds. The fraction of sp³-hybridized carbons (Fsp3) is 0.263. The minimum Gasteiger partial charge on any atom is -0.348 e. The highest BCUT2D eigenvalue weighted by atomic mass is 16.2. The van der Waals surface area contributed by atoms with E-state index in [-0.39, 0.29) is 36.1 Å². The zero-order valence-electron chi connectivity index (χ0n) is 27.3. The molecule has 0 radical (unpaired) electrons. The quantitative estimate of drug-likeness (QED) is 0.213. The van der Waals surface area contributed by atoms with Crippen molar-refractivity contribution in [3.63, 3.8) is 0 Å². The highest BCUT2D eigenvalue weighted by molar-refractivity contribution is 6.24. The van der Waals surface area contributed by atoms with Crippen LogP contribution in [-0.4, -0.2) is 67.5 Å². The van der Waals surface area contributed by atoms with Crippen LogP contribution in [0.25, 0.3) is 21.9 Å². The van der Waals surface area contributed by atoms with Gasteiger partial charge in [-0.2, -0.15) is 0 Å². The molecule has 11 nitrogen and oxygen atoms in total. The number of aromatic nitrogens is 2. The Bertz CT molecular complexity index is 2080. The highest BCUT2D eigenvalue weighted by Gasteiger charge is 2.44. The van der Waals surface area contributed by atoms with Gasteiger partial charge in [-0.1, -0.05) is 42.5 Å². The van der Waals surface area contributed by atoms with Gasteiger partial charge in [0.15, 0.2) is 0 Å². The molecule has 0 spiro atoms. The number of carbonyl (C=O) groups excluding carboxylic acids is 5. The molecule has 2 aliphatic rings. The van der Waals surface area contributed by atoms with Crippen LogP contribution in [0.1, 0.15) is 68.9 Å². The second-order valence-corrected chi connectivity index (χ2v) is 12.8. The molecule has 7 rings (SSSR count). The number of hydrogen-bond acceptors (Lipinski definition) is 7. The van der Waals surface area contributed by atoms with E-state index >= 15 is 0 Å². The molecule has 248 valence electrons. The van der Waals surface area contributed by atoms with Gasteiger partial charge in [0.25, 0.3) is 17.7 Å². The molecule has 1 unspecified atom stereocenters. The average molecular weight is 657 g/mol. The highest BCUT2D eigenvalue weighted by Crippen LogP contribution is 2.29. The number of amides is 5. The third-order valence-electron chi connectivity index (χ3n) is 9.43. The molecule has 1 saturated heterocycles. The minimum atomic E-state index is -1.06. The van der Waals surface area contributed by atoms with Crippen LogP contribution < -0.4 is 10.6 Å². The first kappa shape index (κ1) is 31.9. The molecule has 0 bridgehead atoms. The van der Waals surface area contributed by atoms with E-state index in [9.17, 15) is 24.0 Å². The largest absolute Gasteiger partial charge is 0.348 e. The summed E-state index contributed by atoms with van der Waals surface area (Å²) in [4.78, 5) is 71.1. The van der Waals surface area contributed by atoms with Gasteiger partial charge in [-0.3, -0.25) is 39.1 Å². The van der Waals surface area contributed by atoms with Crippen LogP contribution in [0.15, 0.2) is 85.1 Å². The Labute approximate surface area is 282 Å². The van der Waals surface area contributed by atoms with Crippen molar-refractivity contribution in [3.8, 4) is 0 Å². The van der Waals surface area contributed by atoms with Crippen molar-refractivity contribution in [2.45, 2.75) is 58.4 Å². The molecule has 2 N–H and O–H groups in total. The van der Waals surface area contributed by atoms with Crippen LogP contribution in [0.5, 0.6) is 0 Å². The van der Waals surface area contributed by atoms with Crippen LogP contribution in [0, 0.1) is 0 Å². The van der Waals surface area contributed by atoms with E-state index in [1.54, 1.807) is 0 Å². The maximum atomic E-state index is 13.1. The van der Waals surface area contributed by atoms with Crippen LogP contribution in [-0.2, 0) is 29.2 Å². The predicted octanol–water partition coefficient (Wildman–Crippen LogP) is 4.43. The predicted molar refractivity (Wildman–Crippen MR) is 184 cm³/mol. The van der Waals surface area contributed by atoms with E-state index in [1.807, 2.05) is 24.4 Å². The summed E-state index contributed by atoms with van der Waals surface area (Å²) < 4.78 is 2.30. The summed E-state index contributed by atoms with van der Waals surface area (Å²) in [7, 11) is 0. The molecule has 49 heavy (non-hydrogen) atoms. The molecule has 5 aromatic rings. The average Bonchev–Trinajstić information content (AvgIpc) is 3.56. The smallest absolute Gasteiger partial charge is 0.262 e. The van der Waals surface area contributed by atoms with Crippen LogP contribution in [0.4, 0.5) is 0 Å². The lowest BCUT2D eigenvalue weighted by atomic mass is 10.0. The van der Waals surface area contributed by atoms with Crippen molar-refractivity contribution in [2.75, 3.05) is 6.54 Å². The van der Waals surface area contributed by atoms with Crippen molar-refractivity contribution in [3.05, 3.63) is 113 Å². The Morgan fingerprint density at radius 2 is 1.65 bits per heavy atom. The van der Waals surface area contributed by atoms with Crippen LogP contribution in [0.3, 0.4) is 0 Å². The SMILES string of the molecule is CC(C)N(CCn1c2ccccc2c2cccnc21)Cc1ccc(CNC(=O)c2ccc3c(c2)C(=O)N(C2CCC(=O)NC2=O)C3=O)cc1. The van der Waals surface area contributed by atoms with E-state index in [0.717, 1.165) is 46.7 Å². The lowest BCUT2D eigenvalue weighted by Gasteiger charge is -2.27. The minimum absolute atomic E-state index is 0.0377. The Hall–Kier alpha value is -5.68. The molecule has 0 aliphatic carbocycles. The third kappa shape index (κ3) is 6.09. The van der Waals surface area contributed by atoms with E-state index < -0.39 is 35.6 Å². The summed E-state index contributed by atoms with van der Waals surface area (Å²) in [5, 5.41) is 7.44. The molecule has 2 aliphatic heterocycles. The van der Waals surface area contributed by atoms with Crippen LogP contribution in [0.2, 0.25) is 0 Å². The Kier molecular flexibility index (Phi) is 8.52. The number of rotatable bonds is 10. The van der Waals surface area contributed by atoms with Gasteiger partial charge in [-0.25, -0.2) is 4.98 Å². The van der Waals surface area contributed by atoms with E-state index in [0.29, 0.717) is 6.04 Å². The number of benzene rings is 3. The molecular formula is C38H36N6O5. The van der Waals surface area contributed by atoms with Gasteiger partial charge in [0, 0.05) is 61.2 Å². The summed E-state index contributed by atoms with van der Waals surface area (Å²) in [6, 6.07) is 24.2. The molecular weight excluding hydrogens is 620 g/mol. The van der Waals surface area contributed by atoms with Gasteiger partial charge < -0.3 is 9.88 Å². The zero-order valence-corrected chi connectivity index (χ0v) is 27.3. The monoisotopic (exact) mass is 656 g/mol. The number of para-hydroxylation sites is 1. The van der Waals surface area contributed by atoms with Gasteiger partial charge in [-0.05, 0) is 67.8 Å². The van der Waals surface area contributed by atoms with Crippen molar-refractivity contribution in [1.29, 1.82) is 0 Å². The van der Waals surface area contributed by atoms with Gasteiger partial charge >= 0.3 is 0 Å². The number of piperidine rings is 1. The summed E-state index contributed by atoms with van der Waals surface area (Å²) in [6.07, 6.45) is 1.95. The fourth-order valence-corrected chi connectivity index (χ4v) is 6.74. The normalized spacial score (nSPS) is 16.2. The van der Waals surface area contributed by atoms with Gasteiger partial charge in [0.05, 0.1) is 16.6 Å². The lowest BCUT2D eigenvalue weighted by Crippen LogP contribution is -2.54. The van der Waals surface area contributed by atoms with Crippen molar-refractivity contribution >= 4 is 51.5 Å². The first-order chi connectivity index (χ1) is 23.7. The number of fused-ring (bicyclic) bond motifs is 4. The maximum absolute atomic E-state index is 13.1. The maximum Gasteiger partial charge on any atom is 0.262 e. The van der Waals surface area contributed by atoms with Gasteiger partial charge in [0.1, 0.15) is 11.7 Å². The number of carbonyl (C=O) groups is 5. The Balaban J connectivity index is 0.970. The second-order valence-electron chi connectivity index (χ2n) is 12.8. The number of nitrogens with zero attached hydrogens (tertiary/aromatic N) is 4. The van der Waals surface area contributed by atoms with Crippen molar-refractivity contribution in [2.24, 2.45) is 0 Å². The lowest BCUT2D eigenvalue weighted by molar-refractivity contribution is -0.136.